The van der Waals surface area contributed by atoms with Gasteiger partial charge in [0.25, 0.3) is 0 Å². The Morgan fingerprint density at radius 3 is 2.71 bits per heavy atom. The third-order valence-electron chi connectivity index (χ3n) is 3.74. The van der Waals surface area contributed by atoms with E-state index < -0.39 is 11.9 Å². The van der Waals surface area contributed by atoms with Gasteiger partial charge in [0.15, 0.2) is 11.0 Å². The molecular formula is C19H19N5O3S. The summed E-state index contributed by atoms with van der Waals surface area (Å²) < 4.78 is 7.24. The van der Waals surface area contributed by atoms with Crippen molar-refractivity contribution in [2.75, 3.05) is 12.3 Å². The number of thioether (sulfide) groups is 1. The van der Waals surface area contributed by atoms with Crippen LogP contribution in [-0.2, 0) is 4.79 Å². The first-order valence-electron chi connectivity index (χ1n) is 8.47. The van der Waals surface area contributed by atoms with E-state index in [2.05, 4.69) is 27.4 Å². The standard InChI is InChI=1S/C19H19N5O3S/c1-3-10-20-18(26)21-16(25)12-28-19-23-22-17(15-9-11-27-13(15)2)24(19)14-7-5-4-6-8-14/h3-9,11H,1,10,12H2,2H3,(H2,20,21,25,26). The zero-order chi connectivity index (χ0) is 19.9. The second kappa shape index (κ2) is 9.05. The molecule has 0 fully saturated rings. The number of hydrogen-bond acceptors (Lipinski definition) is 6. The van der Waals surface area contributed by atoms with E-state index in [-0.39, 0.29) is 12.3 Å². The van der Waals surface area contributed by atoms with Gasteiger partial charge < -0.3 is 9.73 Å². The number of aryl methyl sites for hydroxylation is 1. The summed E-state index contributed by atoms with van der Waals surface area (Å²) in [7, 11) is 0. The van der Waals surface area contributed by atoms with E-state index in [0.29, 0.717) is 11.0 Å². The van der Waals surface area contributed by atoms with Gasteiger partial charge in [0.05, 0.1) is 17.6 Å². The smallest absolute Gasteiger partial charge is 0.321 e. The predicted molar refractivity (Wildman–Crippen MR) is 106 cm³/mol. The van der Waals surface area contributed by atoms with Gasteiger partial charge in [-0.05, 0) is 25.1 Å². The van der Waals surface area contributed by atoms with Crippen molar-refractivity contribution in [3.8, 4) is 17.1 Å². The molecule has 144 valence electrons. The van der Waals surface area contributed by atoms with Crippen LogP contribution in [0.3, 0.4) is 0 Å². The number of furan rings is 1. The van der Waals surface area contributed by atoms with Gasteiger partial charge in [-0.2, -0.15) is 0 Å². The Kier molecular flexibility index (Phi) is 6.28. The molecule has 0 bridgehead atoms. The van der Waals surface area contributed by atoms with Crippen LogP contribution in [0.4, 0.5) is 4.79 Å². The molecule has 9 heteroatoms. The van der Waals surface area contributed by atoms with Crippen LogP contribution in [0.25, 0.3) is 17.1 Å². The van der Waals surface area contributed by atoms with Gasteiger partial charge in [-0.15, -0.1) is 16.8 Å². The molecule has 0 unspecified atom stereocenters. The van der Waals surface area contributed by atoms with E-state index in [0.717, 1.165) is 17.0 Å². The largest absolute Gasteiger partial charge is 0.469 e. The summed E-state index contributed by atoms with van der Waals surface area (Å²) in [6.45, 7) is 5.63. The van der Waals surface area contributed by atoms with Crippen LogP contribution in [0.1, 0.15) is 5.76 Å². The first-order valence-corrected chi connectivity index (χ1v) is 9.45. The third-order valence-corrected chi connectivity index (χ3v) is 4.67. The second-order valence-electron chi connectivity index (χ2n) is 5.70. The molecule has 0 saturated heterocycles. The molecule has 8 nitrogen and oxygen atoms in total. The Labute approximate surface area is 166 Å². The van der Waals surface area contributed by atoms with Gasteiger partial charge in [0, 0.05) is 12.2 Å². The number of para-hydroxylation sites is 1. The first kappa shape index (κ1) is 19.4. The molecule has 0 aliphatic rings. The molecule has 2 N–H and O–H groups in total. The second-order valence-corrected chi connectivity index (χ2v) is 6.65. The van der Waals surface area contributed by atoms with Gasteiger partial charge in [-0.25, -0.2) is 4.79 Å². The number of urea groups is 1. The Balaban J connectivity index is 1.81. The highest BCUT2D eigenvalue weighted by molar-refractivity contribution is 7.99. The van der Waals surface area contributed by atoms with Crippen LogP contribution in [-0.4, -0.2) is 39.0 Å². The van der Waals surface area contributed by atoms with Gasteiger partial charge in [-0.1, -0.05) is 36.0 Å². The molecule has 2 aromatic heterocycles. The molecule has 2 heterocycles. The molecule has 1 aromatic carbocycles. The number of amides is 3. The number of carbonyl (C=O) groups is 2. The molecule has 0 aliphatic heterocycles. The third kappa shape index (κ3) is 4.49. The van der Waals surface area contributed by atoms with E-state index in [1.165, 1.54) is 17.8 Å². The fraction of sp³-hybridized carbons (Fsp3) is 0.158. The minimum atomic E-state index is -0.565. The summed E-state index contributed by atoms with van der Waals surface area (Å²) in [6, 6.07) is 10.8. The summed E-state index contributed by atoms with van der Waals surface area (Å²) >= 11 is 1.19. The van der Waals surface area contributed by atoms with E-state index in [1.54, 1.807) is 6.26 Å². The summed E-state index contributed by atoms with van der Waals surface area (Å²) in [5, 5.41) is 13.8. The maximum atomic E-state index is 12.0. The van der Waals surface area contributed by atoms with Crippen molar-refractivity contribution in [3.05, 3.63) is 61.1 Å². The molecule has 0 saturated carbocycles. The quantitative estimate of drug-likeness (QED) is 0.469. The zero-order valence-electron chi connectivity index (χ0n) is 15.2. The van der Waals surface area contributed by atoms with Gasteiger partial charge >= 0.3 is 6.03 Å². The Morgan fingerprint density at radius 1 is 1.25 bits per heavy atom. The predicted octanol–water partition coefficient (Wildman–Crippen LogP) is 2.94. The first-order chi connectivity index (χ1) is 13.6. The zero-order valence-corrected chi connectivity index (χ0v) is 16.0. The molecular weight excluding hydrogens is 378 g/mol. The number of rotatable bonds is 7. The SMILES string of the molecule is C=CCNC(=O)NC(=O)CSc1nnc(-c2ccoc2C)n1-c1ccccc1. The highest BCUT2D eigenvalue weighted by atomic mass is 32.2. The highest BCUT2D eigenvalue weighted by Gasteiger charge is 2.20. The number of imide groups is 1. The topological polar surface area (TPSA) is 102 Å². The Bertz CT molecular complexity index is 981. The Hall–Kier alpha value is -3.33. The van der Waals surface area contributed by atoms with E-state index >= 15 is 0 Å². The number of benzene rings is 1. The van der Waals surface area contributed by atoms with Crippen LogP contribution < -0.4 is 10.6 Å². The fourth-order valence-electron chi connectivity index (χ4n) is 2.47. The van der Waals surface area contributed by atoms with Crippen molar-refractivity contribution in [1.29, 1.82) is 0 Å². The van der Waals surface area contributed by atoms with E-state index in [1.807, 2.05) is 47.9 Å². The van der Waals surface area contributed by atoms with E-state index in [4.69, 9.17) is 4.42 Å². The van der Waals surface area contributed by atoms with Crippen LogP contribution in [0.15, 0.2) is 64.9 Å². The number of nitrogens with zero attached hydrogens (tertiary/aromatic N) is 3. The molecule has 28 heavy (non-hydrogen) atoms. The van der Waals surface area contributed by atoms with Crippen LogP contribution >= 0.6 is 11.8 Å². The normalized spacial score (nSPS) is 10.5. The molecule has 0 atom stereocenters. The van der Waals surface area contributed by atoms with Crippen molar-refractivity contribution in [2.24, 2.45) is 0 Å². The summed E-state index contributed by atoms with van der Waals surface area (Å²) in [6.07, 6.45) is 3.12. The minimum absolute atomic E-state index is 0.0108. The number of carbonyl (C=O) groups excluding carboxylic acids is 2. The lowest BCUT2D eigenvalue weighted by molar-refractivity contribution is -0.117. The van der Waals surface area contributed by atoms with E-state index in [9.17, 15) is 9.59 Å². The van der Waals surface area contributed by atoms with Crippen molar-refractivity contribution in [1.82, 2.24) is 25.4 Å². The average Bonchev–Trinajstić information content (AvgIpc) is 3.31. The monoisotopic (exact) mass is 397 g/mol. The van der Waals surface area contributed by atoms with Crippen molar-refractivity contribution >= 4 is 23.7 Å². The average molecular weight is 397 g/mol. The maximum Gasteiger partial charge on any atom is 0.321 e. The minimum Gasteiger partial charge on any atom is -0.469 e. The molecule has 3 aromatic rings. The van der Waals surface area contributed by atoms with Crippen LogP contribution in [0, 0.1) is 6.92 Å². The van der Waals surface area contributed by atoms with Crippen LogP contribution in [0.2, 0.25) is 0 Å². The lowest BCUT2D eigenvalue weighted by Crippen LogP contribution is -2.40. The van der Waals surface area contributed by atoms with Crippen molar-refractivity contribution < 1.29 is 14.0 Å². The number of nitrogens with one attached hydrogen (secondary N) is 2. The molecule has 0 radical (unpaired) electrons. The Morgan fingerprint density at radius 2 is 2.04 bits per heavy atom. The van der Waals surface area contributed by atoms with Gasteiger partial charge in [-0.3, -0.25) is 14.7 Å². The van der Waals surface area contributed by atoms with Crippen molar-refractivity contribution in [2.45, 2.75) is 12.1 Å². The molecule has 0 aliphatic carbocycles. The lowest BCUT2D eigenvalue weighted by atomic mass is 10.2. The van der Waals surface area contributed by atoms with Crippen molar-refractivity contribution in [3.63, 3.8) is 0 Å². The highest BCUT2D eigenvalue weighted by Crippen LogP contribution is 2.30. The maximum absolute atomic E-state index is 12.0. The molecule has 3 amide bonds. The fourth-order valence-corrected chi connectivity index (χ4v) is 3.22. The van der Waals surface area contributed by atoms with Gasteiger partial charge in [0.2, 0.25) is 5.91 Å². The van der Waals surface area contributed by atoms with Gasteiger partial charge in [0.1, 0.15) is 5.76 Å². The summed E-state index contributed by atoms with van der Waals surface area (Å²) in [4.78, 5) is 23.6. The summed E-state index contributed by atoms with van der Waals surface area (Å²) in [5.41, 5.74) is 1.67. The summed E-state index contributed by atoms with van der Waals surface area (Å²) in [5.74, 6) is 0.911. The number of hydrogen-bond donors (Lipinski definition) is 2. The molecule has 0 spiro atoms. The lowest BCUT2D eigenvalue weighted by Gasteiger charge is -2.10. The molecule has 3 rings (SSSR count). The number of aromatic nitrogens is 3. The van der Waals surface area contributed by atoms with Crippen LogP contribution in [0.5, 0.6) is 0 Å².